The van der Waals surface area contributed by atoms with Crippen LogP contribution in [0.5, 0.6) is 0 Å². The number of nitrogen functional groups attached to an aromatic ring is 1. The molecule has 3 unspecified atom stereocenters. The molecule has 3 aromatic heterocycles. The molecule has 8 heterocycles. The van der Waals surface area contributed by atoms with Gasteiger partial charge in [-0.05, 0) is 44.7 Å². The van der Waals surface area contributed by atoms with E-state index in [1.807, 2.05) is 20.8 Å². The minimum Gasteiger partial charge on any atom is -0.396 e. The predicted molar refractivity (Wildman–Crippen MR) is 256 cm³/mol. The zero-order chi connectivity index (χ0) is 54.9. The summed E-state index contributed by atoms with van der Waals surface area (Å²) in [7, 11) is 2.62. The van der Waals surface area contributed by atoms with Crippen molar-refractivity contribution < 1.29 is 57.1 Å². The van der Waals surface area contributed by atoms with E-state index in [9.17, 15) is 62.2 Å². The monoisotopic (exact) mass is 1060 g/mol. The molecule has 0 bridgehead atoms. The molecule has 8 rings (SSSR count). The number of hydrogen-bond acceptors (Lipinski definition) is 20. The molecule has 25 nitrogen and oxygen atoms in total. The number of aliphatic hydroxyl groups is 2. The van der Waals surface area contributed by atoms with E-state index in [2.05, 4.69) is 15.0 Å². The number of hydroxylamine groups is 4. The number of H-pyrrole nitrogens is 2. The van der Waals surface area contributed by atoms with Crippen molar-refractivity contribution in [1.82, 2.24) is 43.7 Å². The minimum absolute atomic E-state index is 0.0409. The van der Waals surface area contributed by atoms with Crippen molar-refractivity contribution in [3.63, 3.8) is 0 Å². The summed E-state index contributed by atoms with van der Waals surface area (Å²) in [4.78, 5) is 70.5. The fourth-order valence-corrected chi connectivity index (χ4v) is 9.32. The summed E-state index contributed by atoms with van der Waals surface area (Å²) in [6.07, 6.45) is 0.202. The highest BCUT2D eigenvalue weighted by Gasteiger charge is 2.49. The maximum absolute atomic E-state index is 14.4. The Bertz CT molecular complexity index is 2680. The van der Waals surface area contributed by atoms with Gasteiger partial charge >= 0.3 is 17.1 Å². The van der Waals surface area contributed by atoms with E-state index in [-0.39, 0.29) is 42.7 Å². The van der Waals surface area contributed by atoms with Crippen molar-refractivity contribution in [2.45, 2.75) is 147 Å². The Hall–Kier alpha value is -5.63. The molecule has 5 aliphatic rings. The first-order valence-electron chi connectivity index (χ1n) is 24.1. The summed E-state index contributed by atoms with van der Waals surface area (Å²) >= 11 is 0. The number of aryl methyl sites for hydroxylation is 1. The number of aromatic amines is 2. The maximum atomic E-state index is 14.4. The van der Waals surface area contributed by atoms with E-state index in [0.29, 0.717) is 59.6 Å². The molecule has 3 aromatic rings. The van der Waals surface area contributed by atoms with Gasteiger partial charge in [0.15, 0.2) is 37.2 Å². The van der Waals surface area contributed by atoms with Crippen LogP contribution in [0.15, 0.2) is 65.9 Å². The van der Waals surface area contributed by atoms with Crippen LogP contribution >= 0.6 is 0 Å². The average Bonchev–Trinajstić information content (AvgIpc) is 4.12. The van der Waals surface area contributed by atoms with Gasteiger partial charge in [-0.3, -0.25) is 33.3 Å². The highest BCUT2D eigenvalue weighted by molar-refractivity contribution is 5.91. The van der Waals surface area contributed by atoms with Crippen LogP contribution in [0.3, 0.4) is 0 Å². The summed E-state index contributed by atoms with van der Waals surface area (Å²) in [5.41, 5.74) is 7.68. The summed E-state index contributed by atoms with van der Waals surface area (Å²) in [6, 6.07) is -0.402. The number of nitrogens with one attached hydrogen (secondary N) is 2. The topological polar surface area (TPSA) is 337 Å². The van der Waals surface area contributed by atoms with Gasteiger partial charge in [0, 0.05) is 63.1 Å². The van der Waals surface area contributed by atoms with Crippen LogP contribution in [0.2, 0.25) is 0 Å². The van der Waals surface area contributed by atoms with Gasteiger partial charge in [-0.15, -0.1) is 0 Å². The van der Waals surface area contributed by atoms with E-state index in [1.165, 1.54) is 37.1 Å². The van der Waals surface area contributed by atoms with Gasteiger partial charge in [0.1, 0.15) is 24.6 Å². The van der Waals surface area contributed by atoms with Crippen molar-refractivity contribution in [3.8, 4) is 0 Å². The van der Waals surface area contributed by atoms with Gasteiger partial charge in [0.05, 0.1) is 49.3 Å². The lowest BCUT2D eigenvalue weighted by atomic mass is 9.98. The molecule has 4 saturated heterocycles. The molecular formula is C45H68F4N12O13. The molecule has 0 aromatic carbocycles. The number of rotatable bonds is 12. The third kappa shape index (κ3) is 13.4. The highest BCUT2D eigenvalue weighted by atomic mass is 19.1. The van der Waals surface area contributed by atoms with Crippen molar-refractivity contribution in [1.29, 1.82) is 0 Å². The molecule has 10 N–H and O–H groups in total. The average molecular weight is 1060 g/mol. The van der Waals surface area contributed by atoms with E-state index in [0.717, 1.165) is 16.1 Å². The SMILES string of the molecule is CC[C@@H]1O[C@H](N2C=CC(N)=NC2)[C@@H](F)[C@H]1CO.CC[C@H]1O[C@@H](n2cc(C)c(=O)[nH]c2=O)CC1CO.CC[C@H]1O[C@@H](n2ccc(N)nc2=O)[C@@H](F)C1N(C)O.CC[C@H]1O[C@H](n2cc(F)c(=O)[nH]c2=O)[C@@H](F)C1N(C)O. The van der Waals surface area contributed by atoms with E-state index < -0.39 is 102 Å². The molecule has 0 radical (unpaired) electrons. The van der Waals surface area contributed by atoms with Gasteiger partial charge in [0.25, 0.3) is 11.1 Å². The van der Waals surface area contributed by atoms with Crippen LogP contribution in [-0.2, 0) is 18.9 Å². The number of nitrogens with two attached hydrogens (primary N) is 2. The van der Waals surface area contributed by atoms with E-state index >= 15 is 0 Å². The Labute approximate surface area is 421 Å². The second kappa shape index (κ2) is 26.2. The Balaban J connectivity index is 0.000000183. The van der Waals surface area contributed by atoms with Crippen LogP contribution in [0.4, 0.5) is 23.4 Å². The molecule has 5 aliphatic heterocycles. The lowest BCUT2D eigenvalue weighted by Crippen LogP contribution is -2.43. The first-order chi connectivity index (χ1) is 35.0. The van der Waals surface area contributed by atoms with Crippen molar-refractivity contribution in [2.24, 2.45) is 22.6 Å². The number of likely N-dealkylation sites (N-methyl/N-ethyl adjacent to an activating group) is 2. The molecule has 74 heavy (non-hydrogen) atoms. The quantitative estimate of drug-likeness (QED) is 0.0906. The van der Waals surface area contributed by atoms with Crippen LogP contribution in [0, 0.1) is 24.6 Å². The zero-order valence-electron chi connectivity index (χ0n) is 42.0. The molecule has 0 aliphatic carbocycles. The summed E-state index contributed by atoms with van der Waals surface area (Å²) in [6.45, 7) is 9.24. The first-order valence-corrected chi connectivity index (χ1v) is 24.1. The summed E-state index contributed by atoms with van der Waals surface area (Å²) in [5.74, 6) is -1.13. The van der Waals surface area contributed by atoms with Gasteiger partial charge in [-0.25, -0.2) is 32.5 Å². The molecular weight excluding hydrogens is 993 g/mol. The third-order valence-electron chi connectivity index (χ3n) is 13.3. The van der Waals surface area contributed by atoms with Crippen LogP contribution in [0.1, 0.15) is 84.0 Å². The van der Waals surface area contributed by atoms with Crippen LogP contribution in [-0.4, -0.2) is 165 Å². The first kappa shape index (κ1) is 59.2. The molecule has 4 fully saturated rings. The molecule has 29 heteroatoms. The minimum atomic E-state index is -1.75. The lowest BCUT2D eigenvalue weighted by Gasteiger charge is -2.28. The Morgan fingerprint density at radius 1 is 0.730 bits per heavy atom. The summed E-state index contributed by atoms with van der Waals surface area (Å²) in [5, 5.41) is 38.9. The second-order valence-corrected chi connectivity index (χ2v) is 18.2. The smallest absolute Gasteiger partial charge is 0.351 e. The lowest BCUT2D eigenvalue weighted by molar-refractivity contribution is -0.129. The number of aliphatic imine (C=N–C) groups is 1. The predicted octanol–water partition coefficient (Wildman–Crippen LogP) is 0.534. The molecule has 0 amide bonds. The fourth-order valence-electron chi connectivity index (χ4n) is 9.32. The Morgan fingerprint density at radius 2 is 1.27 bits per heavy atom. The number of amidine groups is 1. The normalized spacial score (nSPS) is 31.4. The molecule has 0 spiro atoms. The van der Waals surface area contributed by atoms with E-state index in [4.69, 9.17) is 30.4 Å². The molecule has 15 atom stereocenters. The van der Waals surface area contributed by atoms with Crippen molar-refractivity contribution in [2.75, 3.05) is 39.7 Å². The largest absolute Gasteiger partial charge is 0.396 e. The Morgan fingerprint density at radius 3 is 1.73 bits per heavy atom. The van der Waals surface area contributed by atoms with Gasteiger partial charge in [-0.1, -0.05) is 27.7 Å². The number of halogens is 4. The number of hydrogen-bond donors (Lipinski definition) is 8. The van der Waals surface area contributed by atoms with Crippen molar-refractivity contribution in [3.05, 3.63) is 100 Å². The van der Waals surface area contributed by atoms with Gasteiger partial charge in [-0.2, -0.15) is 19.5 Å². The van der Waals surface area contributed by atoms with Crippen molar-refractivity contribution >= 4 is 11.7 Å². The standard InChI is InChI=1S/C12H18N2O4.C11H15F2N3O4.C11H17FN4O3.C11H18FN3O2/c1-3-9-8(6-15)4-10(18-9)14-5-7(2)11(16)13-12(14)17;1-3-6-8(15(2)19)7(13)10(20-6)16-4-5(12)9(17)14-11(16)18;1-3-6-9(15(2)18)8(12)10(19-6)16-5-4-7(13)14-11(16)17;1-2-8-7(5-16)10(12)11(17-8)15-4-3-9(13)14-6-15/h5,8-10,15H,3-4,6H2,1-2H3,(H,13,16,17);4,6-8,10,19H,3H2,1-2H3,(H,14,17,18);4-6,8-10,18H,3H2,1-2H3,(H2,13,14,17);3-4,7-8,10-11,16H,2,5-6H2,1H3,(H2,13,14)/t8?,9-,10-;6-,7+,8?,10+;6-,8+,9?,10-;7-,8-,10-,11-/m1110/s1. The van der Waals surface area contributed by atoms with Crippen LogP contribution in [0.25, 0.3) is 0 Å². The number of aromatic nitrogens is 6. The molecule has 0 saturated carbocycles. The molecule has 414 valence electrons. The Kier molecular flexibility index (Phi) is 21.0. The number of ether oxygens (including phenoxy) is 4. The fraction of sp³-hybridized carbons (Fsp3) is 0.667. The zero-order valence-corrected chi connectivity index (χ0v) is 42.0. The summed E-state index contributed by atoms with van der Waals surface area (Å²) < 4.78 is 81.4. The second-order valence-electron chi connectivity index (χ2n) is 18.2. The highest BCUT2D eigenvalue weighted by Crippen LogP contribution is 2.37. The number of nitrogens with zero attached hydrogens (tertiary/aromatic N) is 8. The number of alkyl halides is 3. The number of anilines is 1. The van der Waals surface area contributed by atoms with Gasteiger partial charge in [0.2, 0.25) is 5.82 Å². The van der Waals surface area contributed by atoms with Gasteiger partial charge < -0.3 is 55.9 Å². The third-order valence-corrected chi connectivity index (χ3v) is 13.3. The number of aliphatic hydroxyl groups excluding tert-OH is 2. The van der Waals surface area contributed by atoms with E-state index in [1.54, 1.807) is 36.0 Å². The van der Waals surface area contributed by atoms with Crippen LogP contribution < -0.4 is 39.7 Å². The maximum Gasteiger partial charge on any atom is 0.351 e.